The van der Waals surface area contributed by atoms with Crippen molar-refractivity contribution in [2.24, 2.45) is 0 Å². The van der Waals surface area contributed by atoms with Crippen LogP contribution in [0.1, 0.15) is 10.8 Å². The molecule has 25 heavy (non-hydrogen) atoms. The van der Waals surface area contributed by atoms with Crippen molar-refractivity contribution in [3.8, 4) is 5.75 Å². The van der Waals surface area contributed by atoms with Gasteiger partial charge in [-0.3, -0.25) is 10.1 Å². The SMILES string of the molecule is O=[N+]([O-])C(F)(F)[C@H](c1ccccc1Cl)S(=O)(=O)Oc1ccc(Br)cc1. The zero-order valence-corrected chi connectivity index (χ0v) is 15.3. The van der Waals surface area contributed by atoms with E-state index in [1.807, 2.05) is 0 Å². The van der Waals surface area contributed by atoms with Crippen molar-refractivity contribution >= 4 is 37.6 Å². The molecule has 0 aromatic heterocycles. The lowest BCUT2D eigenvalue weighted by Crippen LogP contribution is -2.41. The zero-order valence-electron chi connectivity index (χ0n) is 12.1. The van der Waals surface area contributed by atoms with E-state index in [1.54, 1.807) is 0 Å². The van der Waals surface area contributed by atoms with Gasteiger partial charge in [-0.05, 0) is 30.3 Å². The van der Waals surface area contributed by atoms with Crippen molar-refractivity contribution in [2.75, 3.05) is 0 Å². The van der Waals surface area contributed by atoms with Crippen LogP contribution >= 0.6 is 27.5 Å². The van der Waals surface area contributed by atoms with Gasteiger partial charge in [0, 0.05) is 15.1 Å². The molecule has 0 amide bonds. The maximum Gasteiger partial charge on any atom is 0.535 e. The first-order valence-electron chi connectivity index (χ1n) is 6.51. The second-order valence-electron chi connectivity index (χ2n) is 4.78. The van der Waals surface area contributed by atoms with Crippen LogP contribution in [0, 0.1) is 10.1 Å². The summed E-state index contributed by atoms with van der Waals surface area (Å²) in [5.74, 6) is -0.278. The smallest absolute Gasteiger partial charge is 0.382 e. The van der Waals surface area contributed by atoms with Gasteiger partial charge in [0.25, 0.3) is 5.25 Å². The largest absolute Gasteiger partial charge is 0.535 e. The molecule has 134 valence electrons. The summed E-state index contributed by atoms with van der Waals surface area (Å²) in [4.78, 5) is 8.79. The van der Waals surface area contributed by atoms with Crippen LogP contribution in [-0.2, 0) is 10.1 Å². The molecule has 0 radical (unpaired) electrons. The molecule has 2 rings (SSSR count). The Kier molecular flexibility index (Phi) is 5.65. The van der Waals surface area contributed by atoms with Gasteiger partial charge in [-0.1, -0.05) is 45.7 Å². The standard InChI is InChI=1S/C14H9BrClF2NO5S/c15-9-5-7-10(8-6-9)24-25(22,23)13(14(17,18)19(20)21)11-3-1-2-4-12(11)16/h1-8,13H/t13-/m0/s1. The topological polar surface area (TPSA) is 86.5 Å². The Balaban J connectivity index is 2.56. The molecular weight excluding hydrogens is 448 g/mol. The molecule has 0 unspecified atom stereocenters. The highest BCUT2D eigenvalue weighted by molar-refractivity contribution is 9.10. The third-order valence-corrected chi connectivity index (χ3v) is 5.47. The predicted molar refractivity (Wildman–Crippen MR) is 89.8 cm³/mol. The van der Waals surface area contributed by atoms with Crippen molar-refractivity contribution in [2.45, 2.75) is 11.3 Å². The normalized spacial score (nSPS) is 13.3. The number of halogens is 4. The predicted octanol–water partition coefficient (Wildman–Crippen LogP) is 4.42. The highest BCUT2D eigenvalue weighted by Gasteiger charge is 2.62. The Bertz CT molecular complexity index is 892. The van der Waals surface area contributed by atoms with Crippen LogP contribution in [0.3, 0.4) is 0 Å². The van der Waals surface area contributed by atoms with Gasteiger partial charge in [-0.15, -0.1) is 8.78 Å². The van der Waals surface area contributed by atoms with E-state index in [0.29, 0.717) is 4.47 Å². The van der Waals surface area contributed by atoms with Gasteiger partial charge in [0.1, 0.15) is 5.75 Å². The first-order chi connectivity index (χ1) is 11.6. The van der Waals surface area contributed by atoms with Gasteiger partial charge in [-0.2, -0.15) is 8.42 Å². The summed E-state index contributed by atoms with van der Waals surface area (Å²) in [7, 11) is -5.16. The van der Waals surface area contributed by atoms with E-state index in [0.717, 1.165) is 12.1 Å². The zero-order chi connectivity index (χ0) is 18.8. The van der Waals surface area contributed by atoms with E-state index in [9.17, 15) is 27.3 Å². The summed E-state index contributed by atoms with van der Waals surface area (Å²) in [6, 6.07) is 5.10. The monoisotopic (exact) mass is 455 g/mol. The van der Waals surface area contributed by atoms with Crippen LogP contribution in [0.15, 0.2) is 53.0 Å². The quantitative estimate of drug-likeness (QED) is 0.278. The molecule has 0 bridgehead atoms. The average molecular weight is 457 g/mol. The molecule has 0 N–H and O–H groups in total. The minimum Gasteiger partial charge on any atom is -0.382 e. The minimum atomic E-state index is -5.16. The molecule has 0 fully saturated rings. The molecular formula is C14H9BrClF2NO5S. The average Bonchev–Trinajstić information content (AvgIpc) is 2.51. The highest BCUT2D eigenvalue weighted by atomic mass is 79.9. The lowest BCUT2D eigenvalue weighted by molar-refractivity contribution is -0.644. The summed E-state index contributed by atoms with van der Waals surface area (Å²) < 4.78 is 58.3. The number of benzene rings is 2. The van der Waals surface area contributed by atoms with Gasteiger partial charge in [0.05, 0.1) is 4.92 Å². The summed E-state index contributed by atoms with van der Waals surface area (Å²) in [5.41, 5.74) is -0.636. The first kappa shape index (κ1) is 19.5. The fourth-order valence-electron chi connectivity index (χ4n) is 1.97. The molecule has 1 atom stereocenters. The fourth-order valence-corrected chi connectivity index (χ4v) is 3.97. The van der Waals surface area contributed by atoms with Gasteiger partial charge in [-0.25, -0.2) is 0 Å². The van der Waals surface area contributed by atoms with E-state index < -0.39 is 31.9 Å². The molecule has 0 aliphatic rings. The van der Waals surface area contributed by atoms with Gasteiger partial charge in [0.2, 0.25) is 0 Å². The molecule has 0 aliphatic carbocycles. The Hall–Kier alpha value is -1.78. The minimum absolute atomic E-state index is 0.278. The first-order valence-corrected chi connectivity index (χ1v) is 9.15. The van der Waals surface area contributed by atoms with E-state index in [4.69, 9.17) is 11.6 Å². The number of hydrogen-bond donors (Lipinski definition) is 0. The van der Waals surface area contributed by atoms with Crippen LogP contribution in [0.25, 0.3) is 0 Å². The van der Waals surface area contributed by atoms with Gasteiger partial charge < -0.3 is 4.18 Å². The van der Waals surface area contributed by atoms with E-state index in [1.165, 1.54) is 36.4 Å². The second-order valence-corrected chi connectivity index (χ2v) is 7.72. The third-order valence-electron chi connectivity index (χ3n) is 3.06. The second kappa shape index (κ2) is 7.22. The van der Waals surface area contributed by atoms with Crippen LogP contribution in [0.5, 0.6) is 5.75 Å². The van der Waals surface area contributed by atoms with Crippen LogP contribution in [-0.4, -0.2) is 19.4 Å². The van der Waals surface area contributed by atoms with Gasteiger partial charge in [0.15, 0.2) is 0 Å². The third kappa shape index (κ3) is 4.25. The molecule has 0 saturated carbocycles. The Morgan fingerprint density at radius 1 is 1.16 bits per heavy atom. The Morgan fingerprint density at radius 2 is 1.72 bits per heavy atom. The molecule has 2 aromatic carbocycles. The number of rotatable bonds is 6. The van der Waals surface area contributed by atoms with E-state index >= 15 is 0 Å². The molecule has 0 aliphatic heterocycles. The van der Waals surface area contributed by atoms with Crippen molar-refractivity contribution in [1.29, 1.82) is 0 Å². The van der Waals surface area contributed by atoms with Crippen molar-refractivity contribution in [3.05, 3.63) is 73.7 Å². The molecule has 0 saturated heterocycles. The van der Waals surface area contributed by atoms with Gasteiger partial charge >= 0.3 is 16.2 Å². The number of alkyl halides is 2. The Labute approximate surface area is 154 Å². The van der Waals surface area contributed by atoms with Crippen LogP contribution < -0.4 is 4.18 Å². The molecule has 6 nitrogen and oxygen atoms in total. The molecule has 11 heteroatoms. The lowest BCUT2D eigenvalue weighted by Gasteiger charge is -2.21. The van der Waals surface area contributed by atoms with Crippen molar-refractivity contribution in [3.63, 3.8) is 0 Å². The summed E-state index contributed by atoms with van der Waals surface area (Å²) in [6.45, 7) is 0. The van der Waals surface area contributed by atoms with E-state index in [-0.39, 0.29) is 10.8 Å². The number of hydrogen-bond acceptors (Lipinski definition) is 5. The Morgan fingerprint density at radius 3 is 2.24 bits per heavy atom. The maximum atomic E-state index is 14.1. The summed E-state index contributed by atoms with van der Waals surface area (Å²) >= 11 is 8.90. The lowest BCUT2D eigenvalue weighted by atomic mass is 10.1. The highest BCUT2D eigenvalue weighted by Crippen LogP contribution is 2.42. The van der Waals surface area contributed by atoms with Crippen molar-refractivity contribution in [1.82, 2.24) is 0 Å². The van der Waals surface area contributed by atoms with Crippen molar-refractivity contribution < 1.29 is 26.3 Å². The maximum absolute atomic E-state index is 14.1. The molecule has 2 aromatic rings. The van der Waals surface area contributed by atoms with Crippen LogP contribution in [0.4, 0.5) is 8.78 Å². The summed E-state index contributed by atoms with van der Waals surface area (Å²) in [5, 5.41) is 7.49. The molecule has 0 spiro atoms. The van der Waals surface area contributed by atoms with E-state index in [2.05, 4.69) is 20.1 Å². The number of nitrogens with zero attached hydrogens (tertiary/aromatic N) is 1. The fraction of sp³-hybridized carbons (Fsp3) is 0.143. The molecule has 0 heterocycles. The van der Waals surface area contributed by atoms with Crippen LogP contribution in [0.2, 0.25) is 5.02 Å². The summed E-state index contributed by atoms with van der Waals surface area (Å²) in [6.07, 6.45) is 0. The number of nitro groups is 1.